The number of nitrogens with zero attached hydrogens (tertiary/aromatic N) is 3. The second kappa shape index (κ2) is 6.79. The minimum Gasteiger partial charge on any atom is -0.271 e. The van der Waals surface area contributed by atoms with Gasteiger partial charge in [0.1, 0.15) is 34.5 Å². The smallest absolute Gasteiger partial charge is 0.271 e. The van der Waals surface area contributed by atoms with Crippen molar-refractivity contribution in [3.8, 4) is 5.69 Å². The number of fused-ring (bicyclic) bond motifs is 3. The topological polar surface area (TPSA) is 29.1 Å². The molecule has 0 N–H and O–H groups in total. The molecule has 0 fully saturated rings. The van der Waals surface area contributed by atoms with E-state index in [9.17, 15) is 8.78 Å². The molecule has 0 aliphatic carbocycles. The van der Waals surface area contributed by atoms with Crippen molar-refractivity contribution >= 4 is 49.2 Å². The molecule has 3 aromatic rings. The van der Waals surface area contributed by atoms with Gasteiger partial charge in [0.05, 0.1) is 21.9 Å². The molecule has 4 rings (SSSR count). The highest BCUT2D eigenvalue weighted by Crippen LogP contribution is 2.34. The summed E-state index contributed by atoms with van der Waals surface area (Å²) >= 11 is 13.3. The Balaban J connectivity index is 2.10. The lowest BCUT2D eigenvalue weighted by Gasteiger charge is -2.13. The van der Waals surface area contributed by atoms with Crippen LogP contribution in [0.4, 0.5) is 8.78 Å². The van der Waals surface area contributed by atoms with Crippen LogP contribution in [0.25, 0.3) is 5.69 Å². The van der Waals surface area contributed by atoms with Crippen molar-refractivity contribution in [2.75, 3.05) is 0 Å². The van der Waals surface area contributed by atoms with E-state index in [1.165, 1.54) is 18.2 Å². The van der Waals surface area contributed by atoms with E-state index in [0.717, 1.165) is 4.47 Å². The van der Waals surface area contributed by atoms with Crippen molar-refractivity contribution in [3.05, 3.63) is 85.3 Å². The molecule has 26 heavy (non-hydrogen) atoms. The Morgan fingerprint density at radius 2 is 1.77 bits per heavy atom. The fraction of sp³-hybridized carbons (Fsp3) is 0.0556. The lowest BCUT2D eigenvalue weighted by atomic mass is 9.99. The Labute approximate surface area is 169 Å². The first-order chi connectivity index (χ1) is 12.5. The summed E-state index contributed by atoms with van der Waals surface area (Å²) in [5.41, 5.74) is 1.03. The molecular weight excluding hydrogens is 491 g/mol. The van der Waals surface area contributed by atoms with Crippen LogP contribution < -0.4 is 4.57 Å². The summed E-state index contributed by atoms with van der Waals surface area (Å²) in [6.45, 7) is 0.152. The van der Waals surface area contributed by atoms with E-state index in [1.54, 1.807) is 12.3 Å². The van der Waals surface area contributed by atoms with Crippen LogP contribution in [0.5, 0.6) is 0 Å². The van der Waals surface area contributed by atoms with Gasteiger partial charge in [-0.15, -0.1) is 0 Å². The van der Waals surface area contributed by atoms with Crippen LogP contribution in [-0.4, -0.2) is 10.7 Å². The van der Waals surface area contributed by atoms with Crippen LogP contribution >= 0.6 is 43.5 Å². The van der Waals surface area contributed by atoms with Gasteiger partial charge in [-0.25, -0.2) is 8.78 Å². The summed E-state index contributed by atoms with van der Waals surface area (Å²) in [5, 5.41) is 0.323. The lowest BCUT2D eigenvalue weighted by Crippen LogP contribution is -2.37. The highest BCUT2D eigenvalue weighted by molar-refractivity contribution is 9.10. The van der Waals surface area contributed by atoms with Crippen molar-refractivity contribution in [3.63, 3.8) is 0 Å². The summed E-state index contributed by atoms with van der Waals surface area (Å²) in [6, 6.07) is 7.30. The third-order valence-corrected chi connectivity index (χ3v) is 5.71. The van der Waals surface area contributed by atoms with Crippen molar-refractivity contribution < 1.29 is 13.3 Å². The predicted molar refractivity (Wildman–Crippen MR) is 102 cm³/mol. The number of aromatic nitrogens is 2. The first-order valence-electron chi connectivity index (χ1n) is 7.51. The Morgan fingerprint density at radius 1 is 1.04 bits per heavy atom. The lowest BCUT2D eigenvalue weighted by molar-refractivity contribution is -0.608. The zero-order valence-electron chi connectivity index (χ0n) is 13.0. The fourth-order valence-corrected chi connectivity index (χ4v) is 3.77. The van der Waals surface area contributed by atoms with E-state index >= 15 is 0 Å². The molecular formula is C18H9Br2ClF2N3+. The van der Waals surface area contributed by atoms with Crippen LogP contribution in [0.3, 0.4) is 0 Å². The maximum absolute atomic E-state index is 14.5. The summed E-state index contributed by atoms with van der Waals surface area (Å²) in [6.07, 6.45) is 3.47. The number of halogens is 5. The zero-order chi connectivity index (χ0) is 18.4. The Hall–Kier alpha value is -1.70. The molecule has 0 saturated carbocycles. The quantitative estimate of drug-likeness (QED) is 0.424. The maximum atomic E-state index is 14.5. The van der Waals surface area contributed by atoms with E-state index in [2.05, 4.69) is 41.8 Å². The number of aliphatic imine (C=N–C) groups is 1. The molecule has 0 atom stereocenters. The van der Waals surface area contributed by atoms with Gasteiger partial charge >= 0.3 is 5.82 Å². The van der Waals surface area contributed by atoms with Crippen LogP contribution in [-0.2, 0) is 6.54 Å². The first kappa shape index (κ1) is 17.7. The number of hydrogen-bond donors (Lipinski definition) is 0. The SMILES string of the molecule is Fc1cccc(F)c1C1=NCc2ncc(Br)c[n+]2-c2ccc(Br)c(Cl)c21. The molecule has 1 aliphatic heterocycles. The van der Waals surface area contributed by atoms with Gasteiger partial charge in [0.15, 0.2) is 6.20 Å². The third-order valence-electron chi connectivity index (χ3n) is 4.01. The van der Waals surface area contributed by atoms with Crippen LogP contribution in [0.1, 0.15) is 17.0 Å². The second-order valence-corrected chi connectivity index (χ2v) is 7.72. The van der Waals surface area contributed by atoms with Gasteiger partial charge in [-0.1, -0.05) is 22.7 Å². The summed E-state index contributed by atoms with van der Waals surface area (Å²) in [4.78, 5) is 8.83. The van der Waals surface area contributed by atoms with Crippen LogP contribution in [0.2, 0.25) is 5.02 Å². The molecule has 3 nitrogen and oxygen atoms in total. The van der Waals surface area contributed by atoms with Gasteiger partial charge in [0, 0.05) is 4.47 Å². The maximum Gasteiger partial charge on any atom is 0.325 e. The van der Waals surface area contributed by atoms with Gasteiger partial charge in [-0.2, -0.15) is 4.57 Å². The standard InChI is InChI=1S/C18H9Br2ClF2N3/c19-9-6-24-14-7-25-18(15-11(22)2-1-3-12(15)23)16-13(26(14)8-9)5-4-10(20)17(16)21/h1-6,8H,7H2/q+1. The zero-order valence-corrected chi connectivity index (χ0v) is 16.9. The van der Waals surface area contributed by atoms with Crippen molar-refractivity contribution in [2.45, 2.75) is 6.54 Å². The molecule has 130 valence electrons. The molecule has 0 amide bonds. The first-order valence-corrected chi connectivity index (χ1v) is 9.47. The Kier molecular flexibility index (Phi) is 4.62. The molecule has 0 radical (unpaired) electrons. The summed E-state index contributed by atoms with van der Waals surface area (Å²) in [5.74, 6) is -0.772. The number of rotatable bonds is 1. The fourth-order valence-electron chi connectivity index (χ4n) is 2.88. The molecule has 1 aromatic heterocycles. The molecule has 0 bridgehead atoms. The monoisotopic (exact) mass is 498 g/mol. The number of benzene rings is 2. The molecule has 0 saturated heterocycles. The molecule has 1 aliphatic rings. The van der Waals surface area contributed by atoms with E-state index in [4.69, 9.17) is 11.6 Å². The van der Waals surface area contributed by atoms with E-state index in [1.807, 2.05) is 16.8 Å². The molecule has 2 heterocycles. The van der Waals surface area contributed by atoms with Crippen molar-refractivity contribution in [1.82, 2.24) is 4.98 Å². The van der Waals surface area contributed by atoms with Gasteiger partial charge < -0.3 is 0 Å². The Bertz CT molecular complexity index is 1070. The van der Waals surface area contributed by atoms with Crippen molar-refractivity contribution in [2.24, 2.45) is 4.99 Å². The van der Waals surface area contributed by atoms with Crippen LogP contribution in [0, 0.1) is 11.6 Å². The summed E-state index contributed by atoms with van der Waals surface area (Å²) in [7, 11) is 0. The molecule has 0 spiro atoms. The van der Waals surface area contributed by atoms with Gasteiger partial charge in [-0.05, 0) is 56.1 Å². The van der Waals surface area contributed by atoms with Crippen molar-refractivity contribution in [1.29, 1.82) is 0 Å². The van der Waals surface area contributed by atoms with E-state index in [0.29, 0.717) is 26.6 Å². The van der Waals surface area contributed by atoms with Crippen LogP contribution in [0.15, 0.2) is 56.7 Å². The molecule has 2 aromatic carbocycles. The van der Waals surface area contributed by atoms with Gasteiger partial charge in [0.25, 0.3) is 0 Å². The average molecular weight is 501 g/mol. The second-order valence-electron chi connectivity index (χ2n) is 5.58. The normalized spacial score (nSPS) is 12.9. The Morgan fingerprint density at radius 3 is 2.50 bits per heavy atom. The van der Waals surface area contributed by atoms with E-state index < -0.39 is 11.6 Å². The molecule has 0 unspecified atom stereocenters. The number of hydrogen-bond acceptors (Lipinski definition) is 2. The average Bonchev–Trinajstić information content (AvgIpc) is 2.76. The highest BCUT2D eigenvalue weighted by atomic mass is 79.9. The third kappa shape index (κ3) is 2.88. The summed E-state index contributed by atoms with van der Waals surface area (Å²) < 4.78 is 32.1. The van der Waals surface area contributed by atoms with Gasteiger partial charge in [-0.3, -0.25) is 4.99 Å². The minimum absolute atomic E-state index is 0.152. The largest absolute Gasteiger partial charge is 0.325 e. The van der Waals surface area contributed by atoms with Gasteiger partial charge in [0.2, 0.25) is 0 Å². The predicted octanol–water partition coefficient (Wildman–Crippen LogP) is 5.17. The highest BCUT2D eigenvalue weighted by Gasteiger charge is 2.30. The van der Waals surface area contributed by atoms with E-state index in [-0.39, 0.29) is 17.8 Å². The minimum atomic E-state index is -0.698. The molecule has 8 heteroatoms.